The number of hydrogen-bond acceptors (Lipinski definition) is 3. The molecule has 2 amide bonds. The average molecular weight is 351 g/mol. The SMILES string of the molecule is Cc1cc(Br)ccc1NC(=O)CN(C)C(=O)CN.Cl. The number of anilines is 1. The van der Waals surface area contributed by atoms with Gasteiger partial charge in [-0.2, -0.15) is 0 Å². The molecule has 5 nitrogen and oxygen atoms in total. The highest BCUT2D eigenvalue weighted by atomic mass is 79.9. The number of carbonyl (C=O) groups is 2. The van der Waals surface area contributed by atoms with E-state index in [-0.39, 0.29) is 37.3 Å². The molecule has 1 aromatic rings. The number of hydrogen-bond donors (Lipinski definition) is 2. The number of carbonyl (C=O) groups excluding carboxylic acids is 2. The van der Waals surface area contributed by atoms with Gasteiger partial charge < -0.3 is 16.0 Å². The molecule has 0 saturated carbocycles. The van der Waals surface area contributed by atoms with Crippen molar-refractivity contribution in [1.29, 1.82) is 0 Å². The van der Waals surface area contributed by atoms with Crippen molar-refractivity contribution in [3.8, 4) is 0 Å². The van der Waals surface area contributed by atoms with E-state index in [0.29, 0.717) is 0 Å². The van der Waals surface area contributed by atoms with E-state index < -0.39 is 0 Å². The molecular weight excluding hydrogens is 334 g/mol. The minimum Gasteiger partial charge on any atom is -0.335 e. The number of nitrogens with zero attached hydrogens (tertiary/aromatic N) is 1. The number of likely N-dealkylation sites (N-methyl/N-ethyl adjacent to an activating group) is 1. The van der Waals surface area contributed by atoms with E-state index in [1.807, 2.05) is 25.1 Å². The molecule has 0 aromatic heterocycles. The molecule has 0 bridgehead atoms. The first-order valence-electron chi connectivity index (χ1n) is 5.44. The number of halogens is 2. The molecule has 106 valence electrons. The molecule has 0 aliphatic carbocycles. The molecule has 0 radical (unpaired) electrons. The topological polar surface area (TPSA) is 75.4 Å². The first kappa shape index (κ1) is 17.9. The van der Waals surface area contributed by atoms with Crippen molar-refractivity contribution in [3.63, 3.8) is 0 Å². The summed E-state index contributed by atoms with van der Waals surface area (Å²) in [5.74, 6) is -0.512. The lowest BCUT2D eigenvalue weighted by atomic mass is 10.2. The van der Waals surface area contributed by atoms with E-state index >= 15 is 0 Å². The summed E-state index contributed by atoms with van der Waals surface area (Å²) in [4.78, 5) is 24.2. The van der Waals surface area contributed by atoms with Gasteiger partial charge in [-0.15, -0.1) is 12.4 Å². The highest BCUT2D eigenvalue weighted by Gasteiger charge is 2.12. The molecule has 0 spiro atoms. The predicted octanol–water partition coefficient (Wildman–Crippen LogP) is 1.53. The fourth-order valence-corrected chi connectivity index (χ4v) is 1.89. The minimum atomic E-state index is -0.266. The van der Waals surface area contributed by atoms with Crippen LogP contribution in [0.25, 0.3) is 0 Å². The molecule has 0 unspecified atom stereocenters. The van der Waals surface area contributed by atoms with Crippen molar-refractivity contribution in [2.45, 2.75) is 6.92 Å². The third-order valence-electron chi connectivity index (χ3n) is 2.44. The number of rotatable bonds is 4. The molecule has 19 heavy (non-hydrogen) atoms. The molecule has 0 saturated heterocycles. The van der Waals surface area contributed by atoms with Gasteiger partial charge in [0.2, 0.25) is 11.8 Å². The average Bonchev–Trinajstić information content (AvgIpc) is 2.31. The van der Waals surface area contributed by atoms with Crippen LogP contribution in [0.5, 0.6) is 0 Å². The van der Waals surface area contributed by atoms with Crippen LogP contribution in [0.3, 0.4) is 0 Å². The number of benzene rings is 1. The first-order valence-corrected chi connectivity index (χ1v) is 6.23. The van der Waals surface area contributed by atoms with Crippen molar-refractivity contribution in [1.82, 2.24) is 4.90 Å². The van der Waals surface area contributed by atoms with Gasteiger partial charge in [-0.25, -0.2) is 0 Å². The summed E-state index contributed by atoms with van der Waals surface area (Å²) < 4.78 is 0.952. The van der Waals surface area contributed by atoms with Gasteiger partial charge in [-0.05, 0) is 30.7 Å². The molecule has 1 rings (SSSR count). The van der Waals surface area contributed by atoms with Crippen LogP contribution >= 0.6 is 28.3 Å². The Morgan fingerprint density at radius 2 is 2.05 bits per heavy atom. The van der Waals surface area contributed by atoms with Crippen LogP contribution in [0.4, 0.5) is 5.69 Å². The Hall–Kier alpha value is -1.11. The third kappa shape index (κ3) is 5.59. The molecule has 7 heteroatoms. The van der Waals surface area contributed by atoms with Gasteiger partial charge in [0.25, 0.3) is 0 Å². The highest BCUT2D eigenvalue weighted by molar-refractivity contribution is 9.10. The first-order chi connectivity index (χ1) is 8.43. The van der Waals surface area contributed by atoms with E-state index in [1.165, 1.54) is 4.90 Å². The standard InChI is InChI=1S/C12H16BrN3O2.ClH/c1-8-5-9(13)3-4-10(8)15-11(17)7-16(2)12(18)6-14;/h3-5H,6-7,14H2,1-2H3,(H,15,17);1H. The molecule has 0 fully saturated rings. The second-order valence-electron chi connectivity index (χ2n) is 3.96. The fraction of sp³-hybridized carbons (Fsp3) is 0.333. The summed E-state index contributed by atoms with van der Waals surface area (Å²) in [7, 11) is 1.54. The van der Waals surface area contributed by atoms with E-state index in [9.17, 15) is 9.59 Å². The maximum atomic E-state index is 11.7. The van der Waals surface area contributed by atoms with Crippen LogP contribution in [-0.2, 0) is 9.59 Å². The van der Waals surface area contributed by atoms with Gasteiger partial charge in [0.15, 0.2) is 0 Å². The van der Waals surface area contributed by atoms with Crippen molar-refractivity contribution in [2.75, 3.05) is 25.5 Å². The number of amides is 2. The zero-order valence-electron chi connectivity index (χ0n) is 10.8. The molecule has 0 aliphatic heterocycles. The number of nitrogens with two attached hydrogens (primary N) is 1. The van der Waals surface area contributed by atoms with Crippen molar-refractivity contribution < 1.29 is 9.59 Å². The third-order valence-corrected chi connectivity index (χ3v) is 2.94. The summed E-state index contributed by atoms with van der Waals surface area (Å²) in [5.41, 5.74) is 6.90. The smallest absolute Gasteiger partial charge is 0.243 e. The predicted molar refractivity (Wildman–Crippen MR) is 81.4 cm³/mol. The maximum absolute atomic E-state index is 11.7. The second kappa shape index (κ2) is 8.14. The Labute approximate surface area is 127 Å². The van der Waals surface area contributed by atoms with Gasteiger partial charge in [-0.1, -0.05) is 15.9 Å². The maximum Gasteiger partial charge on any atom is 0.243 e. The fourth-order valence-electron chi connectivity index (χ4n) is 1.42. The zero-order valence-corrected chi connectivity index (χ0v) is 13.2. The van der Waals surface area contributed by atoms with Gasteiger partial charge in [-0.3, -0.25) is 9.59 Å². The summed E-state index contributed by atoms with van der Waals surface area (Å²) in [5, 5.41) is 2.75. The normalized spacial score (nSPS) is 9.47. The molecule has 3 N–H and O–H groups in total. The molecular formula is C12H17BrClN3O2. The zero-order chi connectivity index (χ0) is 13.7. The number of nitrogens with one attached hydrogen (secondary N) is 1. The van der Waals surface area contributed by atoms with Gasteiger partial charge >= 0.3 is 0 Å². The summed E-state index contributed by atoms with van der Waals surface area (Å²) in [6.07, 6.45) is 0. The van der Waals surface area contributed by atoms with Crippen LogP contribution in [0.1, 0.15) is 5.56 Å². The highest BCUT2D eigenvalue weighted by Crippen LogP contribution is 2.19. The summed E-state index contributed by atoms with van der Waals surface area (Å²) in [6, 6.07) is 5.56. The Kier molecular flexibility index (Phi) is 7.66. The van der Waals surface area contributed by atoms with Crippen molar-refractivity contribution in [3.05, 3.63) is 28.2 Å². The molecule has 0 aliphatic rings. The Balaban J connectivity index is 0.00000324. The summed E-state index contributed by atoms with van der Waals surface area (Å²) >= 11 is 3.35. The monoisotopic (exact) mass is 349 g/mol. The Morgan fingerprint density at radius 3 is 2.58 bits per heavy atom. The van der Waals surface area contributed by atoms with Gasteiger partial charge in [0, 0.05) is 17.2 Å². The van der Waals surface area contributed by atoms with Crippen LogP contribution in [0.2, 0.25) is 0 Å². The largest absolute Gasteiger partial charge is 0.335 e. The lowest BCUT2D eigenvalue weighted by Crippen LogP contribution is -2.38. The van der Waals surface area contributed by atoms with Crippen molar-refractivity contribution in [2.24, 2.45) is 5.73 Å². The van der Waals surface area contributed by atoms with E-state index in [2.05, 4.69) is 21.2 Å². The molecule has 0 atom stereocenters. The number of aryl methyl sites for hydroxylation is 1. The van der Waals surface area contributed by atoms with Crippen LogP contribution in [0, 0.1) is 6.92 Å². The van der Waals surface area contributed by atoms with Gasteiger partial charge in [0.05, 0.1) is 13.1 Å². The van der Waals surface area contributed by atoms with Crippen LogP contribution < -0.4 is 11.1 Å². The quantitative estimate of drug-likeness (QED) is 0.865. The van der Waals surface area contributed by atoms with E-state index in [1.54, 1.807) is 7.05 Å². The summed E-state index contributed by atoms with van der Waals surface area (Å²) in [6.45, 7) is 1.79. The van der Waals surface area contributed by atoms with Crippen molar-refractivity contribution >= 4 is 45.8 Å². The van der Waals surface area contributed by atoms with E-state index in [4.69, 9.17) is 5.73 Å². The minimum absolute atomic E-state index is 0. The van der Waals surface area contributed by atoms with Crippen LogP contribution in [0.15, 0.2) is 22.7 Å². The van der Waals surface area contributed by atoms with Crippen LogP contribution in [-0.4, -0.2) is 36.9 Å². The van der Waals surface area contributed by atoms with E-state index in [0.717, 1.165) is 15.7 Å². The molecule has 0 heterocycles. The lowest BCUT2D eigenvalue weighted by Gasteiger charge is -2.16. The Bertz CT molecular complexity index is 468. The molecule has 1 aromatic carbocycles. The van der Waals surface area contributed by atoms with Gasteiger partial charge in [0.1, 0.15) is 0 Å². The second-order valence-corrected chi connectivity index (χ2v) is 4.88. The lowest BCUT2D eigenvalue weighted by molar-refractivity contribution is -0.132. The Morgan fingerprint density at radius 1 is 1.42 bits per heavy atom.